The van der Waals surface area contributed by atoms with Gasteiger partial charge in [0.2, 0.25) is 0 Å². The Balaban J connectivity index is 1.90. The first-order valence-corrected chi connectivity index (χ1v) is 6.34. The molecule has 4 unspecified atom stereocenters. The average Bonchev–Trinajstić information content (AvgIpc) is 2.81. The Morgan fingerprint density at radius 1 is 1.22 bits per heavy atom. The zero-order chi connectivity index (χ0) is 13.3. The summed E-state index contributed by atoms with van der Waals surface area (Å²) < 4.78 is 5.23. The van der Waals surface area contributed by atoms with Gasteiger partial charge in [0.05, 0.1) is 6.10 Å². The molecule has 0 aromatic carbocycles. The molecule has 2 heterocycles. The van der Waals surface area contributed by atoms with Crippen molar-refractivity contribution < 1.29 is 24.5 Å². The largest absolute Gasteiger partial charge is 0.479 e. The van der Waals surface area contributed by atoms with Crippen LogP contribution in [0.25, 0.3) is 0 Å². The highest BCUT2D eigenvalue weighted by Gasteiger charge is 2.38. The fourth-order valence-electron chi connectivity index (χ4n) is 2.45. The van der Waals surface area contributed by atoms with Crippen LogP contribution in [0, 0.1) is 5.92 Å². The Bertz CT molecular complexity index is 345. The van der Waals surface area contributed by atoms with Gasteiger partial charge in [-0.2, -0.15) is 0 Å². The molecule has 2 rings (SSSR count). The van der Waals surface area contributed by atoms with Crippen molar-refractivity contribution in [2.24, 2.45) is 5.92 Å². The van der Waals surface area contributed by atoms with Crippen LogP contribution >= 0.6 is 0 Å². The molecule has 2 aliphatic rings. The number of likely N-dealkylation sites (tertiary alicyclic amines) is 1. The zero-order valence-corrected chi connectivity index (χ0v) is 10.4. The summed E-state index contributed by atoms with van der Waals surface area (Å²) in [5, 5.41) is 18.6. The molecule has 2 aliphatic heterocycles. The average molecular weight is 257 g/mol. The minimum atomic E-state index is -1.02. The summed E-state index contributed by atoms with van der Waals surface area (Å²) in [6, 6.07) is 0. The molecule has 2 fully saturated rings. The monoisotopic (exact) mass is 257 g/mol. The maximum Gasteiger partial charge on any atom is 0.332 e. The molecule has 0 radical (unpaired) electrons. The number of β-amino-alcohol motifs (C(OH)–C–C–N with tert-alkyl or cyclic N) is 1. The van der Waals surface area contributed by atoms with E-state index in [9.17, 15) is 14.7 Å². The summed E-state index contributed by atoms with van der Waals surface area (Å²) in [7, 11) is 0. The van der Waals surface area contributed by atoms with Crippen LogP contribution in [-0.4, -0.2) is 58.4 Å². The van der Waals surface area contributed by atoms with Crippen molar-refractivity contribution in [3.63, 3.8) is 0 Å². The third kappa shape index (κ3) is 2.64. The van der Waals surface area contributed by atoms with Crippen LogP contribution in [0.1, 0.15) is 26.2 Å². The topological polar surface area (TPSA) is 87.1 Å². The van der Waals surface area contributed by atoms with Gasteiger partial charge in [-0.05, 0) is 25.2 Å². The predicted octanol–water partition coefficient (Wildman–Crippen LogP) is -0.152. The summed E-state index contributed by atoms with van der Waals surface area (Å²) in [5.74, 6) is -1.01. The zero-order valence-electron chi connectivity index (χ0n) is 10.4. The quantitative estimate of drug-likeness (QED) is 0.718. The molecule has 0 aromatic rings. The summed E-state index contributed by atoms with van der Waals surface area (Å²) in [4.78, 5) is 24.5. The number of hydrogen-bond donors (Lipinski definition) is 2. The Morgan fingerprint density at radius 3 is 2.44 bits per heavy atom. The molecule has 4 atom stereocenters. The highest BCUT2D eigenvalue weighted by atomic mass is 16.5. The van der Waals surface area contributed by atoms with Gasteiger partial charge in [0, 0.05) is 13.1 Å². The van der Waals surface area contributed by atoms with Gasteiger partial charge in [0.25, 0.3) is 5.91 Å². The second kappa shape index (κ2) is 5.24. The number of amides is 1. The summed E-state index contributed by atoms with van der Waals surface area (Å²) in [5.41, 5.74) is 0. The molecule has 1 amide bonds. The maximum absolute atomic E-state index is 12.1. The number of ether oxygens (including phenoxy) is 1. The van der Waals surface area contributed by atoms with E-state index in [1.54, 1.807) is 4.90 Å². The van der Waals surface area contributed by atoms with Gasteiger partial charge in [0.1, 0.15) is 6.10 Å². The Morgan fingerprint density at radius 2 is 1.89 bits per heavy atom. The van der Waals surface area contributed by atoms with E-state index in [0.717, 1.165) is 6.42 Å². The van der Waals surface area contributed by atoms with Crippen LogP contribution in [0.2, 0.25) is 0 Å². The van der Waals surface area contributed by atoms with Gasteiger partial charge < -0.3 is 19.8 Å². The van der Waals surface area contributed by atoms with E-state index < -0.39 is 24.3 Å². The number of aliphatic carboxylic acids is 1. The van der Waals surface area contributed by atoms with Crippen LogP contribution in [0.3, 0.4) is 0 Å². The molecule has 2 N–H and O–H groups in total. The summed E-state index contributed by atoms with van der Waals surface area (Å²) in [6.45, 7) is 2.88. The molecule has 6 heteroatoms. The molecule has 2 saturated heterocycles. The van der Waals surface area contributed by atoms with E-state index >= 15 is 0 Å². The van der Waals surface area contributed by atoms with Crippen LogP contribution in [0.4, 0.5) is 0 Å². The van der Waals surface area contributed by atoms with E-state index in [-0.39, 0.29) is 11.8 Å². The van der Waals surface area contributed by atoms with Crippen molar-refractivity contribution in [2.75, 3.05) is 13.1 Å². The highest BCUT2D eigenvalue weighted by molar-refractivity contribution is 5.82. The van der Waals surface area contributed by atoms with Crippen molar-refractivity contribution in [1.82, 2.24) is 4.90 Å². The smallest absolute Gasteiger partial charge is 0.332 e. The number of carbonyl (C=O) groups is 2. The minimum Gasteiger partial charge on any atom is -0.479 e. The molecular formula is C12H19NO5. The lowest BCUT2D eigenvalue weighted by molar-refractivity contribution is -0.156. The Labute approximate surface area is 106 Å². The van der Waals surface area contributed by atoms with Crippen molar-refractivity contribution in [3.05, 3.63) is 0 Å². The van der Waals surface area contributed by atoms with E-state index in [1.165, 1.54) is 0 Å². The number of piperidine rings is 1. The van der Waals surface area contributed by atoms with Crippen molar-refractivity contribution in [1.29, 1.82) is 0 Å². The van der Waals surface area contributed by atoms with Crippen molar-refractivity contribution in [3.8, 4) is 0 Å². The normalized spacial score (nSPS) is 36.7. The molecule has 6 nitrogen and oxygen atoms in total. The van der Waals surface area contributed by atoms with E-state index in [1.807, 2.05) is 6.92 Å². The van der Waals surface area contributed by atoms with Crippen LogP contribution in [0.15, 0.2) is 0 Å². The van der Waals surface area contributed by atoms with Crippen LogP contribution < -0.4 is 0 Å². The van der Waals surface area contributed by atoms with Gasteiger partial charge in [0.15, 0.2) is 6.10 Å². The van der Waals surface area contributed by atoms with Crippen LogP contribution in [0.5, 0.6) is 0 Å². The fraction of sp³-hybridized carbons (Fsp3) is 0.833. The first-order chi connectivity index (χ1) is 8.49. The lowest BCUT2D eigenvalue weighted by atomic mass is 9.95. The Hall–Kier alpha value is -1.14. The summed E-state index contributed by atoms with van der Waals surface area (Å²) >= 11 is 0. The van der Waals surface area contributed by atoms with Gasteiger partial charge >= 0.3 is 5.97 Å². The minimum absolute atomic E-state index is 0.190. The standard InChI is InChI=1S/C12H19NO5/c1-7-4-5-13(6-8(7)14)11(15)9-2-3-10(18-9)12(16)17/h7-10,14H,2-6H2,1H3,(H,16,17). The molecule has 0 aliphatic carbocycles. The lowest BCUT2D eigenvalue weighted by Gasteiger charge is -2.35. The number of aliphatic hydroxyl groups is 1. The van der Waals surface area contributed by atoms with E-state index in [2.05, 4.69) is 0 Å². The number of carboxylic acids is 1. The van der Waals surface area contributed by atoms with Crippen molar-refractivity contribution in [2.45, 2.75) is 44.5 Å². The first kappa shape index (κ1) is 13.3. The third-order valence-electron chi connectivity index (χ3n) is 3.80. The molecule has 0 aromatic heterocycles. The second-order valence-electron chi connectivity index (χ2n) is 5.15. The van der Waals surface area contributed by atoms with Crippen molar-refractivity contribution >= 4 is 11.9 Å². The third-order valence-corrected chi connectivity index (χ3v) is 3.80. The first-order valence-electron chi connectivity index (χ1n) is 6.34. The number of nitrogens with zero attached hydrogens (tertiary/aromatic N) is 1. The van der Waals surface area contributed by atoms with Gasteiger partial charge in [-0.15, -0.1) is 0 Å². The molecule has 0 bridgehead atoms. The van der Waals surface area contributed by atoms with Gasteiger partial charge in [-0.25, -0.2) is 4.79 Å². The number of hydrogen-bond acceptors (Lipinski definition) is 4. The maximum atomic E-state index is 12.1. The molecular weight excluding hydrogens is 238 g/mol. The van der Waals surface area contributed by atoms with Gasteiger partial charge in [-0.3, -0.25) is 4.79 Å². The highest BCUT2D eigenvalue weighted by Crippen LogP contribution is 2.24. The SMILES string of the molecule is CC1CCN(C(=O)C2CCC(C(=O)O)O2)CC1O. The van der Waals surface area contributed by atoms with E-state index in [4.69, 9.17) is 9.84 Å². The number of aliphatic hydroxyl groups excluding tert-OH is 1. The Kier molecular flexibility index (Phi) is 3.87. The number of carboxylic acid groups (broad SMARTS) is 1. The predicted molar refractivity (Wildman–Crippen MR) is 61.9 cm³/mol. The number of carbonyl (C=O) groups excluding carboxylic acids is 1. The molecule has 18 heavy (non-hydrogen) atoms. The lowest BCUT2D eigenvalue weighted by Crippen LogP contribution is -2.49. The molecule has 0 spiro atoms. The molecule has 102 valence electrons. The van der Waals surface area contributed by atoms with Gasteiger partial charge in [-0.1, -0.05) is 6.92 Å². The van der Waals surface area contributed by atoms with Crippen LogP contribution in [-0.2, 0) is 14.3 Å². The molecule has 0 saturated carbocycles. The second-order valence-corrected chi connectivity index (χ2v) is 5.15. The number of rotatable bonds is 2. The fourth-order valence-corrected chi connectivity index (χ4v) is 2.45. The summed E-state index contributed by atoms with van der Waals surface area (Å²) in [6.07, 6.45) is -0.447. The van der Waals surface area contributed by atoms with E-state index in [0.29, 0.717) is 25.9 Å².